The van der Waals surface area contributed by atoms with Crippen molar-refractivity contribution in [1.29, 1.82) is 0 Å². The number of aromatic nitrogens is 2. The van der Waals surface area contributed by atoms with Crippen molar-refractivity contribution in [2.45, 2.75) is 6.42 Å². The number of pyridine rings is 1. The molecule has 5 heteroatoms. The van der Waals surface area contributed by atoms with Crippen molar-refractivity contribution in [3.05, 3.63) is 69.7 Å². The maximum Gasteiger partial charge on any atom is 0.170 e. The predicted octanol–water partition coefficient (Wildman–Crippen LogP) is 4.04. The first-order valence-corrected chi connectivity index (χ1v) is 6.79. The van der Waals surface area contributed by atoms with Crippen LogP contribution in [0.15, 0.2) is 42.6 Å². The predicted molar refractivity (Wildman–Crippen MR) is 79.8 cm³/mol. The second kappa shape index (κ2) is 5.27. The van der Waals surface area contributed by atoms with E-state index in [0.29, 0.717) is 22.2 Å². The third kappa shape index (κ3) is 2.30. The second-order valence-electron chi connectivity index (χ2n) is 4.40. The van der Waals surface area contributed by atoms with Gasteiger partial charge in [-0.1, -0.05) is 35.3 Å². The normalized spacial score (nSPS) is 10.9. The number of carbonyl (C=O) groups is 1. The minimum Gasteiger partial charge on any atom is -0.303 e. The zero-order chi connectivity index (χ0) is 14.1. The Hall–Kier alpha value is -1.84. The van der Waals surface area contributed by atoms with E-state index < -0.39 is 0 Å². The average molecular weight is 305 g/mol. The zero-order valence-corrected chi connectivity index (χ0v) is 11.9. The van der Waals surface area contributed by atoms with Gasteiger partial charge in [0.1, 0.15) is 11.5 Å². The van der Waals surface area contributed by atoms with Gasteiger partial charge < -0.3 is 4.40 Å². The minimum absolute atomic E-state index is 0.436. The van der Waals surface area contributed by atoms with Crippen LogP contribution in [-0.2, 0) is 6.42 Å². The third-order valence-electron chi connectivity index (χ3n) is 3.13. The van der Waals surface area contributed by atoms with Crippen LogP contribution in [0.4, 0.5) is 0 Å². The van der Waals surface area contributed by atoms with E-state index in [1.165, 1.54) is 0 Å². The van der Waals surface area contributed by atoms with Crippen molar-refractivity contribution < 1.29 is 4.79 Å². The fraction of sp³-hybridized carbons (Fsp3) is 0.0667. The molecule has 0 radical (unpaired) electrons. The van der Waals surface area contributed by atoms with Gasteiger partial charge in [0.15, 0.2) is 6.29 Å². The van der Waals surface area contributed by atoms with E-state index in [4.69, 9.17) is 23.2 Å². The molecule has 3 aromatic rings. The van der Waals surface area contributed by atoms with Gasteiger partial charge >= 0.3 is 0 Å². The fourth-order valence-electron chi connectivity index (χ4n) is 2.17. The van der Waals surface area contributed by atoms with Crippen LogP contribution in [-0.4, -0.2) is 15.7 Å². The van der Waals surface area contributed by atoms with E-state index in [1.54, 1.807) is 12.1 Å². The standard InChI is InChI=1S/C15H10Cl2N2O/c16-11-5-4-10(12(17)8-11)7-15-18-13(9-20)14-3-1-2-6-19(14)15/h1-6,8-9H,7H2. The zero-order valence-electron chi connectivity index (χ0n) is 10.4. The van der Waals surface area contributed by atoms with Crippen LogP contribution in [0.5, 0.6) is 0 Å². The number of hydrogen-bond donors (Lipinski definition) is 0. The molecule has 0 N–H and O–H groups in total. The lowest BCUT2D eigenvalue weighted by molar-refractivity contribution is 0.112. The summed E-state index contributed by atoms with van der Waals surface area (Å²) in [7, 11) is 0. The maximum atomic E-state index is 11.1. The number of benzene rings is 1. The van der Waals surface area contributed by atoms with Gasteiger partial charge in [0, 0.05) is 22.7 Å². The quantitative estimate of drug-likeness (QED) is 0.684. The molecule has 0 saturated carbocycles. The van der Waals surface area contributed by atoms with Gasteiger partial charge in [-0.3, -0.25) is 4.79 Å². The molecule has 0 spiro atoms. The first kappa shape index (κ1) is 13.2. The molecule has 20 heavy (non-hydrogen) atoms. The summed E-state index contributed by atoms with van der Waals surface area (Å²) in [5, 5.41) is 1.19. The average Bonchev–Trinajstić information content (AvgIpc) is 2.80. The Morgan fingerprint density at radius 2 is 2.05 bits per heavy atom. The minimum atomic E-state index is 0.436. The summed E-state index contributed by atoms with van der Waals surface area (Å²) in [6, 6.07) is 11.0. The summed E-state index contributed by atoms with van der Waals surface area (Å²) in [5.74, 6) is 0.770. The second-order valence-corrected chi connectivity index (χ2v) is 5.24. The van der Waals surface area contributed by atoms with Gasteiger partial charge in [0.25, 0.3) is 0 Å². The molecule has 0 amide bonds. The molecule has 1 aromatic carbocycles. The number of carbonyl (C=O) groups excluding carboxylic acids is 1. The Balaban J connectivity index is 2.09. The van der Waals surface area contributed by atoms with Gasteiger partial charge in [-0.05, 0) is 29.8 Å². The van der Waals surface area contributed by atoms with E-state index in [1.807, 2.05) is 34.9 Å². The van der Waals surface area contributed by atoms with Crippen LogP contribution in [0.2, 0.25) is 10.0 Å². The van der Waals surface area contributed by atoms with Crippen molar-refractivity contribution in [2.75, 3.05) is 0 Å². The highest BCUT2D eigenvalue weighted by Crippen LogP contribution is 2.24. The number of rotatable bonds is 3. The van der Waals surface area contributed by atoms with Crippen LogP contribution < -0.4 is 0 Å². The number of halogens is 2. The van der Waals surface area contributed by atoms with Crippen LogP contribution in [0, 0.1) is 0 Å². The summed E-state index contributed by atoms with van der Waals surface area (Å²) in [6.07, 6.45) is 3.19. The molecule has 3 nitrogen and oxygen atoms in total. The van der Waals surface area contributed by atoms with E-state index in [-0.39, 0.29) is 0 Å². The number of hydrogen-bond acceptors (Lipinski definition) is 2. The van der Waals surface area contributed by atoms with E-state index in [0.717, 1.165) is 23.2 Å². The smallest absolute Gasteiger partial charge is 0.170 e. The summed E-state index contributed by atoms with van der Waals surface area (Å²) < 4.78 is 1.90. The summed E-state index contributed by atoms with van der Waals surface area (Å²) in [5.41, 5.74) is 2.15. The largest absolute Gasteiger partial charge is 0.303 e. The van der Waals surface area contributed by atoms with Gasteiger partial charge in [0.05, 0.1) is 5.52 Å². The molecular formula is C15H10Cl2N2O. The summed E-state index contributed by atoms with van der Waals surface area (Å²) >= 11 is 12.1. The molecule has 3 rings (SSSR count). The maximum absolute atomic E-state index is 11.1. The lowest BCUT2D eigenvalue weighted by Gasteiger charge is -2.04. The Morgan fingerprint density at radius 3 is 2.80 bits per heavy atom. The van der Waals surface area contributed by atoms with Crippen LogP contribution >= 0.6 is 23.2 Å². The highest BCUT2D eigenvalue weighted by atomic mass is 35.5. The molecule has 100 valence electrons. The first-order valence-electron chi connectivity index (χ1n) is 6.04. The molecule has 0 aliphatic rings. The third-order valence-corrected chi connectivity index (χ3v) is 3.71. The number of aldehydes is 1. The van der Waals surface area contributed by atoms with Crippen LogP contribution in [0.1, 0.15) is 21.9 Å². The lowest BCUT2D eigenvalue weighted by atomic mass is 10.1. The molecule has 2 heterocycles. The van der Waals surface area contributed by atoms with Gasteiger partial charge in [-0.25, -0.2) is 4.98 Å². The number of nitrogens with zero attached hydrogens (tertiary/aromatic N) is 2. The fourth-order valence-corrected chi connectivity index (χ4v) is 2.65. The lowest BCUT2D eigenvalue weighted by Crippen LogP contribution is -1.96. The van der Waals surface area contributed by atoms with E-state index in [9.17, 15) is 4.79 Å². The molecule has 2 aromatic heterocycles. The molecule has 0 aliphatic carbocycles. The number of imidazole rings is 1. The Bertz CT molecular complexity index is 796. The van der Waals surface area contributed by atoms with Crippen molar-refractivity contribution in [1.82, 2.24) is 9.38 Å². The molecule has 0 saturated heterocycles. The summed E-state index contributed by atoms with van der Waals surface area (Å²) in [4.78, 5) is 15.4. The van der Waals surface area contributed by atoms with Gasteiger partial charge in [0.2, 0.25) is 0 Å². The summed E-state index contributed by atoms with van der Waals surface area (Å²) in [6.45, 7) is 0. The molecule has 0 fully saturated rings. The molecule has 0 atom stereocenters. The van der Waals surface area contributed by atoms with Crippen molar-refractivity contribution in [3.63, 3.8) is 0 Å². The molecule has 0 aliphatic heterocycles. The van der Waals surface area contributed by atoms with Crippen molar-refractivity contribution in [3.8, 4) is 0 Å². The monoisotopic (exact) mass is 304 g/mol. The Morgan fingerprint density at radius 1 is 1.20 bits per heavy atom. The molecule has 0 bridgehead atoms. The highest BCUT2D eigenvalue weighted by molar-refractivity contribution is 6.35. The molecular weight excluding hydrogens is 295 g/mol. The highest BCUT2D eigenvalue weighted by Gasteiger charge is 2.12. The van der Waals surface area contributed by atoms with Crippen molar-refractivity contribution >= 4 is 35.0 Å². The van der Waals surface area contributed by atoms with Gasteiger partial charge in [-0.2, -0.15) is 0 Å². The van der Waals surface area contributed by atoms with Crippen LogP contribution in [0.3, 0.4) is 0 Å². The molecule has 0 unspecified atom stereocenters. The first-order chi connectivity index (χ1) is 9.69. The number of fused-ring (bicyclic) bond motifs is 1. The van der Waals surface area contributed by atoms with E-state index >= 15 is 0 Å². The Kier molecular flexibility index (Phi) is 3.47. The topological polar surface area (TPSA) is 34.4 Å². The van der Waals surface area contributed by atoms with Crippen LogP contribution in [0.25, 0.3) is 5.52 Å². The van der Waals surface area contributed by atoms with Crippen molar-refractivity contribution in [2.24, 2.45) is 0 Å². The SMILES string of the molecule is O=Cc1nc(Cc2ccc(Cl)cc2Cl)n2ccccc12. The Labute approximate surface area is 125 Å². The van der Waals surface area contributed by atoms with E-state index in [2.05, 4.69) is 4.98 Å². The van der Waals surface area contributed by atoms with Gasteiger partial charge in [-0.15, -0.1) is 0 Å².